The first-order valence-corrected chi connectivity index (χ1v) is 8.89. The highest BCUT2D eigenvalue weighted by Crippen LogP contribution is 2.26. The second-order valence-corrected chi connectivity index (χ2v) is 6.53. The van der Waals surface area contributed by atoms with Crippen LogP contribution in [-0.4, -0.2) is 27.4 Å². The molecular formula is C19H16N4O2S. The summed E-state index contributed by atoms with van der Waals surface area (Å²) in [6.45, 7) is 1.80. The number of carbonyl (C=O) groups excluding carboxylic acids is 1. The molecule has 1 N–H and O–H groups in total. The Labute approximate surface area is 154 Å². The van der Waals surface area contributed by atoms with E-state index in [0.29, 0.717) is 27.9 Å². The average molecular weight is 364 g/mol. The highest BCUT2D eigenvalue weighted by atomic mass is 32.1. The molecule has 0 aliphatic carbocycles. The topological polar surface area (TPSA) is 68.5 Å². The predicted molar refractivity (Wildman–Crippen MR) is 102 cm³/mol. The van der Waals surface area contributed by atoms with Gasteiger partial charge in [-0.2, -0.15) is 0 Å². The van der Waals surface area contributed by atoms with E-state index in [2.05, 4.69) is 15.3 Å². The lowest BCUT2D eigenvalue weighted by Crippen LogP contribution is -2.15. The van der Waals surface area contributed by atoms with Gasteiger partial charge < -0.3 is 4.74 Å². The maximum absolute atomic E-state index is 12.8. The fraction of sp³-hybridized carbons (Fsp3) is 0.105. The first-order chi connectivity index (χ1) is 12.7. The zero-order valence-electron chi connectivity index (χ0n) is 14.3. The fourth-order valence-corrected chi connectivity index (χ4v) is 3.53. The number of nitrogens with zero attached hydrogens (tertiary/aromatic N) is 3. The van der Waals surface area contributed by atoms with Crippen molar-refractivity contribution in [2.24, 2.45) is 0 Å². The number of aromatic nitrogens is 3. The number of aryl methyl sites for hydroxylation is 1. The van der Waals surface area contributed by atoms with Gasteiger partial charge in [-0.3, -0.25) is 14.5 Å². The summed E-state index contributed by atoms with van der Waals surface area (Å²) in [5, 5.41) is 5.34. The molecule has 0 aliphatic heterocycles. The molecule has 7 heteroatoms. The number of hydrogen-bond acceptors (Lipinski definition) is 5. The molecule has 0 radical (unpaired) electrons. The predicted octanol–water partition coefficient (Wildman–Crippen LogP) is 4.03. The Morgan fingerprint density at radius 1 is 1.15 bits per heavy atom. The summed E-state index contributed by atoms with van der Waals surface area (Å²) >= 11 is 1.39. The van der Waals surface area contributed by atoms with Gasteiger partial charge >= 0.3 is 0 Å². The summed E-state index contributed by atoms with van der Waals surface area (Å²) in [5.74, 6) is 0.368. The summed E-state index contributed by atoms with van der Waals surface area (Å²) in [6.07, 6.45) is 1.80. The van der Waals surface area contributed by atoms with Gasteiger partial charge in [-0.05, 0) is 19.1 Å². The number of fused-ring (bicyclic) bond motifs is 1. The molecule has 1 aromatic carbocycles. The molecule has 130 valence electrons. The number of hydrogen-bond donors (Lipinski definition) is 1. The quantitative estimate of drug-likeness (QED) is 0.594. The number of pyridine rings is 1. The number of carbonyl (C=O) groups is 1. The van der Waals surface area contributed by atoms with Crippen LogP contribution in [0.1, 0.15) is 16.2 Å². The SMILES string of the molecule is COc1cccn2c(C(=O)Nc3nc(-c4ccccc4)cs3)c(C)nc12. The summed E-state index contributed by atoms with van der Waals surface area (Å²) in [5.41, 5.74) is 3.56. The summed E-state index contributed by atoms with van der Waals surface area (Å²) < 4.78 is 7.05. The molecule has 0 aliphatic rings. The van der Waals surface area contributed by atoms with Crippen molar-refractivity contribution in [3.05, 3.63) is 65.4 Å². The third kappa shape index (κ3) is 2.82. The summed E-state index contributed by atoms with van der Waals surface area (Å²) in [6, 6.07) is 13.5. The van der Waals surface area contributed by atoms with E-state index in [4.69, 9.17) is 4.74 Å². The van der Waals surface area contributed by atoms with Crippen molar-refractivity contribution in [2.45, 2.75) is 6.92 Å². The number of methoxy groups -OCH3 is 1. The Morgan fingerprint density at radius 2 is 1.96 bits per heavy atom. The Hall–Kier alpha value is -3.19. The Morgan fingerprint density at radius 3 is 2.73 bits per heavy atom. The van der Waals surface area contributed by atoms with Crippen molar-refractivity contribution in [1.29, 1.82) is 0 Å². The molecule has 3 aromatic heterocycles. The van der Waals surface area contributed by atoms with E-state index in [1.165, 1.54) is 11.3 Å². The molecule has 0 atom stereocenters. The normalized spacial score (nSPS) is 10.8. The maximum atomic E-state index is 12.8. The van der Waals surface area contributed by atoms with Crippen molar-refractivity contribution < 1.29 is 9.53 Å². The minimum atomic E-state index is -0.253. The minimum Gasteiger partial charge on any atom is -0.493 e. The molecule has 0 bridgehead atoms. The van der Waals surface area contributed by atoms with Crippen LogP contribution < -0.4 is 10.1 Å². The highest BCUT2D eigenvalue weighted by molar-refractivity contribution is 7.14. The van der Waals surface area contributed by atoms with Gasteiger partial charge in [0.1, 0.15) is 5.69 Å². The van der Waals surface area contributed by atoms with Crippen molar-refractivity contribution in [1.82, 2.24) is 14.4 Å². The molecule has 0 saturated heterocycles. The van der Waals surface area contributed by atoms with Crippen LogP contribution >= 0.6 is 11.3 Å². The number of amides is 1. The van der Waals surface area contributed by atoms with E-state index in [-0.39, 0.29) is 5.91 Å². The molecule has 1 amide bonds. The lowest BCUT2D eigenvalue weighted by Gasteiger charge is -2.05. The Bertz CT molecular complexity index is 1090. The first-order valence-electron chi connectivity index (χ1n) is 8.01. The van der Waals surface area contributed by atoms with E-state index >= 15 is 0 Å². The molecule has 4 rings (SSSR count). The summed E-state index contributed by atoms with van der Waals surface area (Å²) in [7, 11) is 1.58. The second kappa shape index (κ2) is 6.61. The van der Waals surface area contributed by atoms with Gasteiger partial charge in [0.15, 0.2) is 16.5 Å². The molecular weight excluding hydrogens is 348 g/mol. The molecule has 0 fully saturated rings. The van der Waals surface area contributed by atoms with Gasteiger partial charge in [-0.25, -0.2) is 9.97 Å². The molecule has 3 heterocycles. The number of ether oxygens (including phenoxy) is 1. The summed E-state index contributed by atoms with van der Waals surface area (Å²) in [4.78, 5) is 21.8. The Balaban J connectivity index is 1.64. The number of rotatable bonds is 4. The van der Waals surface area contributed by atoms with Crippen LogP contribution in [0.5, 0.6) is 5.75 Å². The number of thiazole rings is 1. The maximum Gasteiger partial charge on any atom is 0.276 e. The lowest BCUT2D eigenvalue weighted by atomic mass is 10.2. The third-order valence-electron chi connectivity index (χ3n) is 4.02. The van der Waals surface area contributed by atoms with Crippen LogP contribution in [0.2, 0.25) is 0 Å². The van der Waals surface area contributed by atoms with Gasteiger partial charge in [0.25, 0.3) is 5.91 Å². The molecule has 4 aromatic rings. The van der Waals surface area contributed by atoms with Crippen molar-refractivity contribution in [2.75, 3.05) is 12.4 Å². The van der Waals surface area contributed by atoms with Crippen molar-refractivity contribution >= 4 is 28.0 Å². The van der Waals surface area contributed by atoms with E-state index in [1.54, 1.807) is 24.6 Å². The molecule has 6 nitrogen and oxygen atoms in total. The standard InChI is InChI=1S/C19H16N4O2S/c1-12-16(23-10-6-9-15(25-2)17(23)20-12)18(24)22-19-21-14(11-26-19)13-7-4-3-5-8-13/h3-11H,1-2H3,(H,21,22,24). The second-order valence-electron chi connectivity index (χ2n) is 5.67. The molecule has 0 unspecified atom stereocenters. The van der Waals surface area contributed by atoms with Crippen molar-refractivity contribution in [3.63, 3.8) is 0 Å². The number of anilines is 1. The molecule has 26 heavy (non-hydrogen) atoms. The molecule has 0 saturated carbocycles. The van der Waals surface area contributed by atoms with Gasteiger partial charge in [0.2, 0.25) is 0 Å². The van der Waals surface area contributed by atoms with Gasteiger partial charge in [-0.1, -0.05) is 30.3 Å². The fourth-order valence-electron chi connectivity index (χ4n) is 2.82. The van der Waals surface area contributed by atoms with Crippen LogP contribution in [0.3, 0.4) is 0 Å². The third-order valence-corrected chi connectivity index (χ3v) is 4.78. The van der Waals surface area contributed by atoms with E-state index < -0.39 is 0 Å². The van der Waals surface area contributed by atoms with Crippen LogP contribution in [0.15, 0.2) is 54.0 Å². The van der Waals surface area contributed by atoms with Crippen LogP contribution in [0.25, 0.3) is 16.9 Å². The van der Waals surface area contributed by atoms with Gasteiger partial charge in [0.05, 0.1) is 18.5 Å². The van der Waals surface area contributed by atoms with E-state index in [0.717, 1.165) is 11.3 Å². The average Bonchev–Trinajstić information content (AvgIpc) is 3.25. The number of benzene rings is 1. The van der Waals surface area contributed by atoms with Gasteiger partial charge in [-0.15, -0.1) is 11.3 Å². The van der Waals surface area contributed by atoms with Crippen molar-refractivity contribution in [3.8, 4) is 17.0 Å². The lowest BCUT2D eigenvalue weighted by molar-refractivity contribution is 0.102. The van der Waals surface area contributed by atoms with Crippen LogP contribution in [-0.2, 0) is 0 Å². The van der Waals surface area contributed by atoms with E-state index in [1.807, 2.05) is 47.8 Å². The highest BCUT2D eigenvalue weighted by Gasteiger charge is 2.19. The Kier molecular flexibility index (Phi) is 4.14. The smallest absolute Gasteiger partial charge is 0.276 e. The number of imidazole rings is 1. The van der Waals surface area contributed by atoms with E-state index in [9.17, 15) is 4.79 Å². The minimum absolute atomic E-state index is 0.253. The largest absolute Gasteiger partial charge is 0.493 e. The molecule has 0 spiro atoms. The monoisotopic (exact) mass is 364 g/mol. The van der Waals surface area contributed by atoms with Crippen LogP contribution in [0, 0.1) is 6.92 Å². The first kappa shape index (κ1) is 16.3. The number of nitrogens with one attached hydrogen (secondary N) is 1. The zero-order chi connectivity index (χ0) is 18.1. The zero-order valence-corrected chi connectivity index (χ0v) is 15.1. The van der Waals surface area contributed by atoms with Gasteiger partial charge in [0, 0.05) is 17.1 Å². The van der Waals surface area contributed by atoms with Crippen LogP contribution in [0.4, 0.5) is 5.13 Å².